The van der Waals surface area contributed by atoms with Crippen LogP contribution in [0.4, 0.5) is 5.00 Å². The zero-order valence-electron chi connectivity index (χ0n) is 14.2. The van der Waals surface area contributed by atoms with E-state index >= 15 is 0 Å². The van der Waals surface area contributed by atoms with Crippen LogP contribution in [0.25, 0.3) is 0 Å². The zero-order valence-corrected chi connectivity index (χ0v) is 15.0. The molecule has 0 spiro atoms. The number of esters is 1. The molecule has 0 bridgehead atoms. The van der Waals surface area contributed by atoms with Gasteiger partial charge in [-0.1, -0.05) is 6.07 Å². The molecule has 1 N–H and O–H groups in total. The van der Waals surface area contributed by atoms with Crippen LogP contribution in [0.5, 0.6) is 5.75 Å². The quantitative estimate of drug-likeness (QED) is 0.799. The van der Waals surface area contributed by atoms with E-state index in [2.05, 4.69) is 5.32 Å². The van der Waals surface area contributed by atoms with Crippen molar-refractivity contribution in [2.45, 2.75) is 20.8 Å². The van der Waals surface area contributed by atoms with Crippen molar-refractivity contribution >= 4 is 28.2 Å². The van der Waals surface area contributed by atoms with Gasteiger partial charge in [-0.25, -0.2) is 4.79 Å². The molecule has 0 fully saturated rings. The summed E-state index contributed by atoms with van der Waals surface area (Å²) in [6, 6.07) is 8.55. The lowest BCUT2D eigenvalue weighted by Gasteiger charge is -2.08. The van der Waals surface area contributed by atoms with E-state index in [-0.39, 0.29) is 13.2 Å². The van der Waals surface area contributed by atoms with Crippen LogP contribution in [0.2, 0.25) is 0 Å². The molecule has 2 aromatic rings. The van der Waals surface area contributed by atoms with E-state index < -0.39 is 11.9 Å². The number of nitrogens with zero attached hydrogens (tertiary/aromatic N) is 1. The topological polar surface area (TPSA) is 88.4 Å². The molecule has 25 heavy (non-hydrogen) atoms. The smallest absolute Gasteiger partial charge is 0.341 e. The van der Waals surface area contributed by atoms with Gasteiger partial charge in [-0.05, 0) is 44.5 Å². The van der Waals surface area contributed by atoms with Crippen molar-refractivity contribution in [1.29, 1.82) is 5.26 Å². The van der Waals surface area contributed by atoms with Gasteiger partial charge in [-0.3, -0.25) is 4.79 Å². The van der Waals surface area contributed by atoms with Gasteiger partial charge in [0.05, 0.1) is 23.8 Å². The molecule has 0 aliphatic heterocycles. The average molecular weight is 358 g/mol. The Bertz CT molecular complexity index is 836. The van der Waals surface area contributed by atoms with Gasteiger partial charge < -0.3 is 14.8 Å². The van der Waals surface area contributed by atoms with Gasteiger partial charge in [0.2, 0.25) is 0 Å². The van der Waals surface area contributed by atoms with Gasteiger partial charge in [0, 0.05) is 4.88 Å². The highest BCUT2D eigenvalue weighted by molar-refractivity contribution is 7.16. The fourth-order valence-corrected chi connectivity index (χ4v) is 3.20. The highest BCUT2D eigenvalue weighted by Gasteiger charge is 2.22. The molecule has 1 amide bonds. The van der Waals surface area contributed by atoms with E-state index in [9.17, 15) is 9.59 Å². The number of anilines is 1. The van der Waals surface area contributed by atoms with Gasteiger partial charge in [0.15, 0.2) is 6.61 Å². The van der Waals surface area contributed by atoms with Crippen LogP contribution in [0.15, 0.2) is 24.3 Å². The van der Waals surface area contributed by atoms with Crippen molar-refractivity contribution in [3.05, 3.63) is 45.8 Å². The standard InChI is InChI=1S/C18H18N2O4S/c1-4-23-18(22)16-11(2)12(3)25-17(16)20-15(21)10-24-14-7-5-6-13(8-14)9-19/h5-8H,4,10H2,1-3H3,(H,20,21). The molecule has 7 heteroatoms. The van der Waals surface area contributed by atoms with Crippen LogP contribution in [-0.2, 0) is 9.53 Å². The molecule has 2 rings (SSSR count). The second-order valence-corrected chi connectivity index (χ2v) is 6.41. The second-order valence-electron chi connectivity index (χ2n) is 5.18. The van der Waals surface area contributed by atoms with Crippen LogP contribution >= 0.6 is 11.3 Å². The van der Waals surface area contributed by atoms with E-state index in [1.54, 1.807) is 31.2 Å². The third-order valence-corrected chi connectivity index (χ3v) is 4.57. The Hall–Kier alpha value is -2.85. The molecule has 130 valence electrons. The number of ether oxygens (including phenoxy) is 2. The first-order valence-corrected chi connectivity index (χ1v) is 8.47. The molecule has 0 saturated heterocycles. The van der Waals surface area contributed by atoms with Crippen LogP contribution in [-0.4, -0.2) is 25.1 Å². The molecule has 0 aliphatic carbocycles. The minimum atomic E-state index is -0.456. The molecule has 0 aliphatic rings. The fourth-order valence-electron chi connectivity index (χ4n) is 2.13. The predicted molar refractivity (Wildman–Crippen MR) is 95.0 cm³/mol. The normalized spacial score (nSPS) is 10.0. The first-order chi connectivity index (χ1) is 12.0. The van der Waals surface area contributed by atoms with Crippen LogP contribution in [0, 0.1) is 25.2 Å². The van der Waals surface area contributed by atoms with E-state index in [4.69, 9.17) is 14.7 Å². The number of carbonyl (C=O) groups is 2. The number of hydrogen-bond acceptors (Lipinski definition) is 6. The second kappa shape index (κ2) is 8.31. The number of nitriles is 1. The van der Waals surface area contributed by atoms with Crippen molar-refractivity contribution < 1.29 is 19.1 Å². The van der Waals surface area contributed by atoms with Crippen molar-refractivity contribution in [2.24, 2.45) is 0 Å². The number of thiophene rings is 1. The van der Waals surface area contributed by atoms with Crippen LogP contribution < -0.4 is 10.1 Å². The summed E-state index contributed by atoms with van der Waals surface area (Å²) in [5.41, 5.74) is 1.62. The Morgan fingerprint density at radius 1 is 1.32 bits per heavy atom. The van der Waals surface area contributed by atoms with Gasteiger partial charge in [-0.15, -0.1) is 11.3 Å². The van der Waals surface area contributed by atoms with Gasteiger partial charge >= 0.3 is 5.97 Å². The number of carbonyl (C=O) groups excluding carboxylic acids is 2. The summed E-state index contributed by atoms with van der Waals surface area (Å²) in [6.45, 7) is 5.46. The van der Waals surface area contributed by atoms with Crippen LogP contribution in [0.1, 0.15) is 33.3 Å². The van der Waals surface area contributed by atoms with Crippen LogP contribution in [0.3, 0.4) is 0 Å². The maximum absolute atomic E-state index is 12.1. The van der Waals surface area contributed by atoms with Crippen molar-refractivity contribution in [2.75, 3.05) is 18.5 Å². The first-order valence-electron chi connectivity index (χ1n) is 7.66. The summed E-state index contributed by atoms with van der Waals surface area (Å²) >= 11 is 1.32. The van der Waals surface area contributed by atoms with Crippen molar-refractivity contribution in [1.82, 2.24) is 0 Å². The summed E-state index contributed by atoms with van der Waals surface area (Å²) in [6.07, 6.45) is 0. The third kappa shape index (κ3) is 4.58. The average Bonchev–Trinajstić information content (AvgIpc) is 2.87. The molecule has 0 atom stereocenters. The molecule has 1 heterocycles. The van der Waals surface area contributed by atoms with E-state index in [1.807, 2.05) is 19.9 Å². The minimum Gasteiger partial charge on any atom is -0.484 e. The first kappa shape index (κ1) is 18.5. The third-order valence-electron chi connectivity index (χ3n) is 3.45. The molecule has 6 nitrogen and oxygen atoms in total. The number of rotatable bonds is 6. The largest absolute Gasteiger partial charge is 0.484 e. The van der Waals surface area contributed by atoms with Crippen molar-refractivity contribution in [3.63, 3.8) is 0 Å². The van der Waals surface area contributed by atoms with Gasteiger partial charge in [0.1, 0.15) is 10.8 Å². The zero-order chi connectivity index (χ0) is 18.4. The Balaban J connectivity index is 2.06. The Kier molecular flexibility index (Phi) is 6.14. The molecule has 0 unspecified atom stereocenters. The van der Waals surface area contributed by atoms with E-state index in [0.29, 0.717) is 21.9 Å². The molecule has 0 saturated carbocycles. The Morgan fingerprint density at radius 3 is 2.76 bits per heavy atom. The molecular formula is C18H18N2O4S. The maximum atomic E-state index is 12.1. The summed E-state index contributed by atoms with van der Waals surface area (Å²) in [5, 5.41) is 12.0. The number of aryl methyl sites for hydroxylation is 1. The highest BCUT2D eigenvalue weighted by atomic mass is 32.1. The molecular weight excluding hydrogens is 340 g/mol. The lowest BCUT2D eigenvalue weighted by Crippen LogP contribution is -2.21. The molecule has 0 radical (unpaired) electrons. The predicted octanol–water partition coefficient (Wildman–Crippen LogP) is 3.43. The van der Waals surface area contributed by atoms with E-state index in [0.717, 1.165) is 10.4 Å². The maximum Gasteiger partial charge on any atom is 0.341 e. The lowest BCUT2D eigenvalue weighted by molar-refractivity contribution is -0.118. The SMILES string of the molecule is CCOC(=O)c1c(NC(=O)COc2cccc(C#N)c2)sc(C)c1C. The van der Waals surface area contributed by atoms with E-state index in [1.165, 1.54) is 11.3 Å². The van der Waals surface area contributed by atoms with Gasteiger partial charge in [0.25, 0.3) is 5.91 Å². The minimum absolute atomic E-state index is 0.229. The van der Waals surface area contributed by atoms with Crippen molar-refractivity contribution in [3.8, 4) is 11.8 Å². The summed E-state index contributed by atoms with van der Waals surface area (Å²) in [5.74, 6) is -0.421. The Morgan fingerprint density at radius 2 is 2.08 bits per heavy atom. The fraction of sp³-hybridized carbons (Fsp3) is 0.278. The summed E-state index contributed by atoms with van der Waals surface area (Å²) in [4.78, 5) is 25.2. The van der Waals surface area contributed by atoms with Gasteiger partial charge in [-0.2, -0.15) is 5.26 Å². The number of amides is 1. The number of benzene rings is 1. The Labute approximate surface area is 150 Å². The molecule has 1 aromatic carbocycles. The molecule has 1 aromatic heterocycles. The summed E-state index contributed by atoms with van der Waals surface area (Å²) < 4.78 is 10.4. The number of nitrogens with one attached hydrogen (secondary N) is 1. The monoisotopic (exact) mass is 358 g/mol. The summed E-state index contributed by atoms with van der Waals surface area (Å²) in [7, 11) is 0. The highest BCUT2D eigenvalue weighted by Crippen LogP contribution is 2.33. The number of hydrogen-bond donors (Lipinski definition) is 1. The lowest BCUT2D eigenvalue weighted by atomic mass is 10.1.